The first-order valence-corrected chi connectivity index (χ1v) is 14.9. The number of nitrogens with one attached hydrogen (secondary N) is 1. The number of rotatable bonds is 12. The highest BCUT2D eigenvalue weighted by molar-refractivity contribution is 7.92. The maximum atomic E-state index is 13.9. The number of carbonyl (C=O) groups is 2. The first kappa shape index (κ1) is 31.3. The van der Waals surface area contributed by atoms with Crippen LogP contribution in [0.1, 0.15) is 31.4 Å². The van der Waals surface area contributed by atoms with Gasteiger partial charge in [0.05, 0.1) is 27.7 Å². The van der Waals surface area contributed by atoms with Gasteiger partial charge >= 0.3 is 0 Å². The molecule has 0 radical (unpaired) electrons. The molecule has 11 heteroatoms. The largest absolute Gasteiger partial charge is 0.497 e. The second-order valence-corrected chi connectivity index (χ2v) is 11.9. The second kappa shape index (κ2) is 13.9. The number of aryl methyl sites for hydroxylation is 1. The molecule has 0 saturated heterocycles. The van der Waals surface area contributed by atoms with Gasteiger partial charge in [0.25, 0.3) is 10.0 Å². The Morgan fingerprint density at radius 2 is 1.62 bits per heavy atom. The van der Waals surface area contributed by atoms with E-state index in [0.29, 0.717) is 27.9 Å². The fourth-order valence-electron chi connectivity index (χ4n) is 3.93. The predicted molar refractivity (Wildman–Crippen MR) is 158 cm³/mol. The van der Waals surface area contributed by atoms with Gasteiger partial charge in [-0.3, -0.25) is 13.9 Å². The van der Waals surface area contributed by atoms with Crippen LogP contribution in [0.5, 0.6) is 5.75 Å². The molecule has 214 valence electrons. The van der Waals surface area contributed by atoms with Crippen molar-refractivity contribution in [2.75, 3.05) is 24.5 Å². The zero-order valence-electron chi connectivity index (χ0n) is 22.9. The number of benzene rings is 3. The molecular formula is C29H33Cl2N3O5S. The third-order valence-corrected chi connectivity index (χ3v) is 8.83. The van der Waals surface area contributed by atoms with Crippen LogP contribution in [0.25, 0.3) is 0 Å². The quantitative estimate of drug-likeness (QED) is 0.296. The smallest absolute Gasteiger partial charge is 0.264 e. The molecule has 0 fully saturated rings. The van der Waals surface area contributed by atoms with Gasteiger partial charge in [0.1, 0.15) is 18.3 Å². The third-order valence-electron chi connectivity index (χ3n) is 6.30. The highest BCUT2D eigenvalue weighted by Crippen LogP contribution is 2.27. The molecular weight excluding hydrogens is 573 g/mol. The number of methoxy groups -OCH3 is 1. The lowest BCUT2D eigenvalue weighted by Gasteiger charge is -2.32. The number of hydrogen-bond donors (Lipinski definition) is 1. The summed E-state index contributed by atoms with van der Waals surface area (Å²) in [5.41, 5.74) is 1.80. The van der Waals surface area contributed by atoms with E-state index in [1.807, 2.05) is 13.8 Å². The van der Waals surface area contributed by atoms with Crippen molar-refractivity contribution in [2.45, 2.75) is 44.7 Å². The molecule has 0 unspecified atom stereocenters. The van der Waals surface area contributed by atoms with Crippen LogP contribution in [0.15, 0.2) is 71.6 Å². The second-order valence-electron chi connectivity index (χ2n) is 9.26. The van der Waals surface area contributed by atoms with Crippen LogP contribution in [0.3, 0.4) is 0 Å². The van der Waals surface area contributed by atoms with Crippen molar-refractivity contribution in [2.24, 2.45) is 0 Å². The lowest BCUT2D eigenvalue weighted by molar-refractivity contribution is -0.139. The Bertz CT molecular complexity index is 1430. The molecule has 3 rings (SSSR count). The lowest BCUT2D eigenvalue weighted by Crippen LogP contribution is -2.51. The molecule has 0 aliphatic rings. The lowest BCUT2D eigenvalue weighted by atomic mass is 10.1. The maximum absolute atomic E-state index is 13.9. The average molecular weight is 607 g/mol. The van der Waals surface area contributed by atoms with Gasteiger partial charge in [-0.05, 0) is 74.4 Å². The standard InChI is InChI=1S/C29H33Cl2N3O5S/c1-5-16-32-29(36)21(3)33(18-22-8-15-26(30)27(31)17-22)28(35)19-34(23-9-11-24(39-4)12-10-23)40(37,38)25-13-6-20(2)7-14-25/h6-15,17,21H,5,16,18-19H2,1-4H3,(H,32,36)/t21-/m1/s1. The SMILES string of the molecule is CCCNC(=O)[C@@H](C)N(Cc1ccc(Cl)c(Cl)c1)C(=O)CN(c1ccc(OC)cc1)S(=O)(=O)c1ccc(C)cc1. The van der Waals surface area contributed by atoms with Gasteiger partial charge in [0.2, 0.25) is 11.8 Å². The molecule has 3 aromatic rings. The normalized spacial score (nSPS) is 11.9. The van der Waals surface area contributed by atoms with E-state index >= 15 is 0 Å². The van der Waals surface area contributed by atoms with E-state index in [-0.39, 0.29) is 23.0 Å². The molecule has 40 heavy (non-hydrogen) atoms. The Morgan fingerprint density at radius 1 is 0.975 bits per heavy atom. The molecule has 1 atom stereocenters. The van der Waals surface area contributed by atoms with Gasteiger partial charge in [-0.1, -0.05) is 53.9 Å². The Hall–Kier alpha value is -3.27. The molecule has 3 aromatic carbocycles. The Morgan fingerprint density at radius 3 is 2.20 bits per heavy atom. The summed E-state index contributed by atoms with van der Waals surface area (Å²) < 4.78 is 34.0. The van der Waals surface area contributed by atoms with Gasteiger partial charge in [-0.2, -0.15) is 0 Å². The molecule has 0 aliphatic carbocycles. The van der Waals surface area contributed by atoms with E-state index in [4.69, 9.17) is 27.9 Å². The van der Waals surface area contributed by atoms with Gasteiger partial charge < -0.3 is 15.0 Å². The van der Waals surface area contributed by atoms with Crippen molar-refractivity contribution in [1.29, 1.82) is 0 Å². The monoisotopic (exact) mass is 605 g/mol. The van der Waals surface area contributed by atoms with E-state index in [9.17, 15) is 18.0 Å². The minimum absolute atomic E-state index is 0.0114. The van der Waals surface area contributed by atoms with E-state index in [1.54, 1.807) is 61.5 Å². The van der Waals surface area contributed by atoms with Gasteiger partial charge in [-0.25, -0.2) is 8.42 Å². The number of carbonyl (C=O) groups excluding carboxylic acids is 2. The Balaban J connectivity index is 2.03. The number of ether oxygens (including phenoxy) is 1. The van der Waals surface area contributed by atoms with Gasteiger partial charge in [0.15, 0.2) is 0 Å². The fourth-order valence-corrected chi connectivity index (χ4v) is 5.66. The number of amides is 2. The van der Waals surface area contributed by atoms with Crippen molar-refractivity contribution in [1.82, 2.24) is 10.2 Å². The van der Waals surface area contributed by atoms with Crippen molar-refractivity contribution < 1.29 is 22.7 Å². The zero-order valence-corrected chi connectivity index (χ0v) is 25.2. The summed E-state index contributed by atoms with van der Waals surface area (Å²) in [5.74, 6) is -0.394. The molecule has 0 bridgehead atoms. The Labute approximate surface area is 245 Å². The fraction of sp³-hybridized carbons (Fsp3) is 0.310. The summed E-state index contributed by atoms with van der Waals surface area (Å²) in [5, 5.41) is 3.46. The summed E-state index contributed by atoms with van der Waals surface area (Å²) in [6.45, 7) is 5.29. The first-order valence-electron chi connectivity index (χ1n) is 12.7. The van der Waals surface area contributed by atoms with Crippen molar-refractivity contribution in [3.63, 3.8) is 0 Å². The number of hydrogen-bond acceptors (Lipinski definition) is 5. The van der Waals surface area contributed by atoms with Crippen LogP contribution in [0, 0.1) is 6.92 Å². The van der Waals surface area contributed by atoms with Crippen LogP contribution in [-0.4, -0.2) is 51.4 Å². The minimum Gasteiger partial charge on any atom is -0.497 e. The molecule has 0 heterocycles. The molecule has 8 nitrogen and oxygen atoms in total. The molecule has 0 aromatic heterocycles. The van der Waals surface area contributed by atoms with Crippen molar-refractivity contribution in [3.8, 4) is 5.75 Å². The van der Waals surface area contributed by atoms with Crippen molar-refractivity contribution >= 4 is 50.7 Å². The van der Waals surface area contributed by atoms with Gasteiger partial charge in [0, 0.05) is 13.1 Å². The van der Waals surface area contributed by atoms with Crippen LogP contribution in [0.4, 0.5) is 5.69 Å². The summed E-state index contributed by atoms with van der Waals surface area (Å²) in [4.78, 5) is 28.2. The topological polar surface area (TPSA) is 96.0 Å². The maximum Gasteiger partial charge on any atom is 0.264 e. The van der Waals surface area contributed by atoms with Crippen molar-refractivity contribution in [3.05, 3.63) is 87.9 Å². The van der Waals surface area contributed by atoms with E-state index in [1.165, 1.54) is 24.1 Å². The summed E-state index contributed by atoms with van der Waals surface area (Å²) in [6.07, 6.45) is 0.721. The number of sulfonamides is 1. The molecule has 0 spiro atoms. The van der Waals surface area contributed by atoms with Crippen LogP contribution < -0.4 is 14.4 Å². The first-order chi connectivity index (χ1) is 19.0. The summed E-state index contributed by atoms with van der Waals surface area (Å²) in [6, 6.07) is 16.8. The molecule has 0 aliphatic heterocycles. The van der Waals surface area contributed by atoms with E-state index < -0.39 is 28.5 Å². The van der Waals surface area contributed by atoms with E-state index in [0.717, 1.165) is 16.3 Å². The number of nitrogens with zero attached hydrogens (tertiary/aromatic N) is 2. The molecule has 1 N–H and O–H groups in total. The highest BCUT2D eigenvalue weighted by Gasteiger charge is 2.32. The summed E-state index contributed by atoms with van der Waals surface area (Å²) in [7, 11) is -2.65. The predicted octanol–water partition coefficient (Wildman–Crippen LogP) is 5.45. The number of anilines is 1. The highest BCUT2D eigenvalue weighted by atomic mass is 35.5. The average Bonchev–Trinajstić information content (AvgIpc) is 2.94. The Kier molecular flexibility index (Phi) is 10.8. The minimum atomic E-state index is -4.16. The zero-order chi connectivity index (χ0) is 29.4. The third kappa shape index (κ3) is 7.68. The summed E-state index contributed by atoms with van der Waals surface area (Å²) >= 11 is 12.3. The van der Waals surface area contributed by atoms with Gasteiger partial charge in [-0.15, -0.1) is 0 Å². The molecule has 2 amide bonds. The van der Waals surface area contributed by atoms with Crippen LogP contribution in [0.2, 0.25) is 10.0 Å². The van der Waals surface area contributed by atoms with Crippen LogP contribution in [-0.2, 0) is 26.2 Å². The molecule has 0 saturated carbocycles. The number of halogens is 2. The van der Waals surface area contributed by atoms with E-state index in [2.05, 4.69) is 5.32 Å². The van der Waals surface area contributed by atoms with Crippen LogP contribution >= 0.6 is 23.2 Å².